The topological polar surface area (TPSA) is 59.5 Å². The number of benzene rings is 1. The molecule has 5 heteroatoms. The number of imide groups is 1. The average molecular weight is 306 g/mol. The molecule has 23 heavy (non-hydrogen) atoms. The second-order valence-electron chi connectivity index (χ2n) is 4.92. The highest BCUT2D eigenvalue weighted by Crippen LogP contribution is 2.22. The van der Waals surface area contributed by atoms with Crippen molar-refractivity contribution in [2.45, 2.75) is 6.42 Å². The van der Waals surface area contributed by atoms with Gasteiger partial charge in [-0.25, -0.2) is 4.98 Å². The number of hydrogen-bond acceptors (Lipinski definition) is 4. The minimum absolute atomic E-state index is 0.257. The van der Waals surface area contributed by atoms with E-state index in [0.717, 1.165) is 0 Å². The standard InChI is InChI=1S/C18H14N2O3/c1-23-16-11-6-8-13(19-16)7-4-5-12-20-17(21)14-9-2-3-10-15(14)18(20)22/h2-3,6,8-11H,5,12H2,1H3. The van der Waals surface area contributed by atoms with E-state index in [-0.39, 0.29) is 18.4 Å². The number of carbonyl (C=O) groups is 2. The molecule has 2 amide bonds. The summed E-state index contributed by atoms with van der Waals surface area (Å²) in [7, 11) is 1.54. The van der Waals surface area contributed by atoms with Crippen LogP contribution in [0.3, 0.4) is 0 Å². The van der Waals surface area contributed by atoms with Gasteiger partial charge in [0.05, 0.1) is 18.2 Å². The lowest BCUT2D eigenvalue weighted by atomic mass is 10.1. The van der Waals surface area contributed by atoms with Crippen molar-refractivity contribution in [3.8, 4) is 17.7 Å². The Balaban J connectivity index is 1.65. The highest BCUT2D eigenvalue weighted by atomic mass is 16.5. The zero-order valence-corrected chi connectivity index (χ0v) is 12.6. The van der Waals surface area contributed by atoms with Crippen LogP contribution in [-0.4, -0.2) is 35.4 Å². The summed E-state index contributed by atoms with van der Waals surface area (Å²) < 4.78 is 5.03. The number of rotatable bonds is 3. The molecule has 0 saturated carbocycles. The number of amides is 2. The molecule has 114 valence electrons. The van der Waals surface area contributed by atoms with E-state index in [9.17, 15) is 9.59 Å². The lowest BCUT2D eigenvalue weighted by molar-refractivity contribution is 0.0658. The molecule has 1 aromatic carbocycles. The molecule has 5 nitrogen and oxygen atoms in total. The van der Waals surface area contributed by atoms with Gasteiger partial charge in [-0.2, -0.15) is 0 Å². The molecule has 0 N–H and O–H groups in total. The summed E-state index contributed by atoms with van der Waals surface area (Å²) in [5.74, 6) is 5.82. The van der Waals surface area contributed by atoms with Gasteiger partial charge in [0.1, 0.15) is 5.69 Å². The molecule has 0 bridgehead atoms. The highest BCUT2D eigenvalue weighted by Gasteiger charge is 2.34. The number of pyridine rings is 1. The van der Waals surface area contributed by atoms with Gasteiger partial charge in [0, 0.05) is 19.0 Å². The summed E-state index contributed by atoms with van der Waals surface area (Å²) in [6, 6.07) is 12.2. The van der Waals surface area contributed by atoms with Gasteiger partial charge in [-0.05, 0) is 24.1 Å². The maximum atomic E-state index is 12.2. The summed E-state index contributed by atoms with van der Waals surface area (Å²) in [6.45, 7) is 0.267. The van der Waals surface area contributed by atoms with Gasteiger partial charge in [-0.1, -0.05) is 24.1 Å². The summed E-state index contributed by atoms with van der Waals surface area (Å²) >= 11 is 0. The van der Waals surface area contributed by atoms with Crippen molar-refractivity contribution < 1.29 is 14.3 Å². The fourth-order valence-electron chi connectivity index (χ4n) is 2.36. The smallest absolute Gasteiger partial charge is 0.261 e. The third-order valence-electron chi connectivity index (χ3n) is 3.49. The minimum Gasteiger partial charge on any atom is -0.481 e. The Morgan fingerprint density at radius 2 is 1.74 bits per heavy atom. The first-order valence-electron chi connectivity index (χ1n) is 7.16. The molecular formula is C18H14N2O3. The van der Waals surface area contributed by atoms with Crippen molar-refractivity contribution in [2.24, 2.45) is 0 Å². The van der Waals surface area contributed by atoms with Gasteiger partial charge in [-0.15, -0.1) is 0 Å². The van der Waals surface area contributed by atoms with Crippen LogP contribution in [0.5, 0.6) is 5.88 Å². The van der Waals surface area contributed by atoms with Crippen LogP contribution in [0.15, 0.2) is 42.5 Å². The molecule has 0 spiro atoms. The third kappa shape index (κ3) is 2.92. The second kappa shape index (κ2) is 6.32. The molecule has 2 heterocycles. The predicted molar refractivity (Wildman–Crippen MR) is 84.1 cm³/mol. The first-order chi connectivity index (χ1) is 11.2. The van der Waals surface area contributed by atoms with Crippen LogP contribution < -0.4 is 4.74 Å². The second-order valence-corrected chi connectivity index (χ2v) is 4.92. The summed E-state index contributed by atoms with van der Waals surface area (Å²) in [5.41, 5.74) is 1.51. The van der Waals surface area contributed by atoms with E-state index >= 15 is 0 Å². The van der Waals surface area contributed by atoms with Crippen molar-refractivity contribution in [2.75, 3.05) is 13.7 Å². The predicted octanol–water partition coefficient (Wildman–Crippen LogP) is 2.13. The molecule has 0 saturated heterocycles. The molecule has 0 atom stereocenters. The van der Waals surface area contributed by atoms with Gasteiger partial charge in [0.2, 0.25) is 5.88 Å². The fourth-order valence-corrected chi connectivity index (χ4v) is 2.36. The van der Waals surface area contributed by atoms with E-state index in [0.29, 0.717) is 29.1 Å². The summed E-state index contributed by atoms with van der Waals surface area (Å²) in [4.78, 5) is 29.8. The van der Waals surface area contributed by atoms with E-state index in [1.165, 1.54) is 4.90 Å². The lowest BCUT2D eigenvalue weighted by Gasteiger charge is -2.10. The largest absolute Gasteiger partial charge is 0.481 e. The minimum atomic E-state index is -0.257. The van der Waals surface area contributed by atoms with Crippen molar-refractivity contribution in [1.82, 2.24) is 9.88 Å². The van der Waals surface area contributed by atoms with Crippen LogP contribution in [0, 0.1) is 11.8 Å². The maximum absolute atomic E-state index is 12.2. The van der Waals surface area contributed by atoms with Crippen molar-refractivity contribution in [3.05, 3.63) is 59.3 Å². The summed E-state index contributed by atoms with van der Waals surface area (Å²) in [5, 5.41) is 0. The Bertz CT molecular complexity index is 798. The average Bonchev–Trinajstić information content (AvgIpc) is 2.84. The monoisotopic (exact) mass is 306 g/mol. The third-order valence-corrected chi connectivity index (χ3v) is 3.49. The normalized spacial score (nSPS) is 12.7. The molecule has 1 aliphatic rings. The highest BCUT2D eigenvalue weighted by molar-refractivity contribution is 6.21. The Labute approximate surface area is 133 Å². The van der Waals surface area contributed by atoms with Crippen LogP contribution in [-0.2, 0) is 0 Å². The fraction of sp³-hybridized carbons (Fsp3) is 0.167. The molecule has 1 aromatic heterocycles. The molecule has 3 rings (SSSR count). The molecule has 0 unspecified atom stereocenters. The quantitative estimate of drug-likeness (QED) is 0.644. The molecule has 1 aliphatic heterocycles. The summed E-state index contributed by atoms with van der Waals surface area (Å²) in [6.07, 6.45) is 0.393. The Morgan fingerprint density at radius 1 is 1.04 bits per heavy atom. The zero-order valence-electron chi connectivity index (χ0n) is 12.6. The SMILES string of the molecule is COc1cccc(C#CCCN2C(=O)c3ccccc3C2=O)n1. The first-order valence-corrected chi connectivity index (χ1v) is 7.16. The molecular weight excluding hydrogens is 292 g/mol. The van der Waals surface area contributed by atoms with E-state index < -0.39 is 0 Å². The number of fused-ring (bicyclic) bond motifs is 1. The van der Waals surface area contributed by atoms with Gasteiger partial charge in [0.15, 0.2) is 0 Å². The van der Waals surface area contributed by atoms with Crippen LogP contribution in [0.2, 0.25) is 0 Å². The number of aromatic nitrogens is 1. The maximum Gasteiger partial charge on any atom is 0.261 e. The van der Waals surface area contributed by atoms with Crippen LogP contribution >= 0.6 is 0 Å². The van der Waals surface area contributed by atoms with Gasteiger partial charge in [-0.3, -0.25) is 14.5 Å². The van der Waals surface area contributed by atoms with Crippen LogP contribution in [0.4, 0.5) is 0 Å². The Kier molecular flexibility index (Phi) is 4.07. The van der Waals surface area contributed by atoms with Crippen molar-refractivity contribution in [1.29, 1.82) is 0 Å². The number of nitrogens with zero attached hydrogens (tertiary/aromatic N) is 2. The number of hydrogen-bond donors (Lipinski definition) is 0. The molecule has 0 aliphatic carbocycles. The number of ether oxygens (including phenoxy) is 1. The Hall–Kier alpha value is -3.13. The molecule has 0 fully saturated rings. The number of methoxy groups -OCH3 is 1. The lowest BCUT2D eigenvalue weighted by Crippen LogP contribution is -2.30. The molecule has 2 aromatic rings. The van der Waals surface area contributed by atoms with Gasteiger partial charge >= 0.3 is 0 Å². The Morgan fingerprint density at radius 3 is 2.39 bits per heavy atom. The number of carbonyl (C=O) groups excluding carboxylic acids is 2. The zero-order chi connectivity index (χ0) is 16.2. The van der Waals surface area contributed by atoms with E-state index in [1.807, 2.05) is 0 Å². The van der Waals surface area contributed by atoms with E-state index in [4.69, 9.17) is 4.74 Å². The van der Waals surface area contributed by atoms with Crippen LogP contribution in [0.1, 0.15) is 32.8 Å². The van der Waals surface area contributed by atoms with Crippen LogP contribution in [0.25, 0.3) is 0 Å². The van der Waals surface area contributed by atoms with Crippen molar-refractivity contribution >= 4 is 11.8 Å². The van der Waals surface area contributed by atoms with Gasteiger partial charge in [0.25, 0.3) is 11.8 Å². The first kappa shape index (κ1) is 14.8. The van der Waals surface area contributed by atoms with E-state index in [2.05, 4.69) is 16.8 Å². The van der Waals surface area contributed by atoms with Gasteiger partial charge < -0.3 is 4.74 Å². The van der Waals surface area contributed by atoms with Crippen molar-refractivity contribution in [3.63, 3.8) is 0 Å². The molecule has 0 radical (unpaired) electrons. The van der Waals surface area contributed by atoms with E-state index in [1.54, 1.807) is 49.6 Å².